The van der Waals surface area contributed by atoms with Crippen molar-refractivity contribution < 1.29 is 22.0 Å². The lowest BCUT2D eigenvalue weighted by molar-refractivity contribution is -0.196. The lowest BCUT2D eigenvalue weighted by Gasteiger charge is -2.43. The molecule has 0 amide bonds. The van der Waals surface area contributed by atoms with Gasteiger partial charge in [0.25, 0.3) is 0 Å². The fraction of sp³-hybridized carbons (Fsp3) is 0.462. The lowest BCUT2D eigenvalue weighted by Crippen LogP contribution is -2.48. The molecule has 7 heteroatoms. The Morgan fingerprint density at radius 2 is 1.80 bits per heavy atom. The minimum absolute atomic E-state index is 0.132. The first-order valence-corrected chi connectivity index (χ1v) is 5.92. The van der Waals surface area contributed by atoms with E-state index in [1.165, 1.54) is 18.0 Å². The highest BCUT2D eigenvalue weighted by atomic mass is 19.4. The molecular formula is C13H11F5N2. The quantitative estimate of drug-likeness (QED) is 0.778. The van der Waals surface area contributed by atoms with Crippen LogP contribution < -0.4 is 4.90 Å². The average molecular weight is 290 g/mol. The average Bonchev–Trinajstić information content (AvgIpc) is 2.27. The molecule has 0 spiro atoms. The second-order valence-corrected chi connectivity index (χ2v) is 4.87. The number of halogens is 5. The summed E-state index contributed by atoms with van der Waals surface area (Å²) in [5.41, 5.74) is -0.562. The molecule has 1 aromatic rings. The molecule has 1 aliphatic carbocycles. The van der Waals surface area contributed by atoms with Gasteiger partial charge in [0.1, 0.15) is 17.7 Å². The Morgan fingerprint density at radius 1 is 1.20 bits per heavy atom. The number of alkyl halides is 3. The fourth-order valence-corrected chi connectivity index (χ4v) is 2.26. The molecule has 2 rings (SSSR count). The third kappa shape index (κ3) is 2.55. The summed E-state index contributed by atoms with van der Waals surface area (Å²) >= 11 is 0. The van der Waals surface area contributed by atoms with Crippen molar-refractivity contribution in [2.45, 2.75) is 25.1 Å². The molecule has 108 valence electrons. The number of hydrogen-bond donors (Lipinski definition) is 0. The van der Waals surface area contributed by atoms with Crippen molar-refractivity contribution in [2.75, 3.05) is 11.9 Å². The first-order valence-electron chi connectivity index (χ1n) is 5.92. The van der Waals surface area contributed by atoms with Crippen LogP contribution in [0.5, 0.6) is 0 Å². The van der Waals surface area contributed by atoms with Crippen LogP contribution in [0.2, 0.25) is 0 Å². The van der Waals surface area contributed by atoms with Crippen LogP contribution in [-0.4, -0.2) is 19.3 Å². The molecule has 0 unspecified atom stereocenters. The Morgan fingerprint density at radius 3 is 2.30 bits per heavy atom. The van der Waals surface area contributed by atoms with Crippen LogP contribution in [0.1, 0.15) is 18.4 Å². The molecule has 1 aromatic carbocycles. The zero-order valence-corrected chi connectivity index (χ0v) is 10.5. The Kier molecular flexibility index (Phi) is 3.59. The van der Waals surface area contributed by atoms with Crippen LogP contribution in [0, 0.1) is 28.9 Å². The molecule has 2 nitrogen and oxygen atoms in total. The Hall–Kier alpha value is -1.84. The summed E-state index contributed by atoms with van der Waals surface area (Å²) in [5, 5.41) is 8.57. The number of nitriles is 1. The highest BCUT2D eigenvalue weighted by molar-refractivity contribution is 5.52. The summed E-state index contributed by atoms with van der Waals surface area (Å²) < 4.78 is 64.4. The van der Waals surface area contributed by atoms with E-state index in [-0.39, 0.29) is 18.5 Å². The largest absolute Gasteiger partial charge is 0.391 e. The van der Waals surface area contributed by atoms with E-state index in [1.807, 2.05) is 0 Å². The van der Waals surface area contributed by atoms with E-state index in [1.54, 1.807) is 0 Å². The minimum atomic E-state index is -4.24. The Labute approximate surface area is 112 Å². The molecule has 0 aliphatic heterocycles. The van der Waals surface area contributed by atoms with E-state index < -0.39 is 35.3 Å². The summed E-state index contributed by atoms with van der Waals surface area (Å²) in [4.78, 5) is 1.29. The SMILES string of the molecule is CN(c1cc(F)c(C#N)cc1F)C1CC(C(F)(F)F)C1. The molecule has 1 aliphatic rings. The topological polar surface area (TPSA) is 27.0 Å². The maximum atomic E-state index is 13.7. The third-order valence-corrected chi connectivity index (χ3v) is 3.66. The van der Waals surface area contributed by atoms with Gasteiger partial charge in [0.05, 0.1) is 17.2 Å². The van der Waals surface area contributed by atoms with Gasteiger partial charge in [-0.1, -0.05) is 0 Å². The Bertz CT molecular complexity index is 555. The zero-order valence-electron chi connectivity index (χ0n) is 10.5. The predicted molar refractivity (Wildman–Crippen MR) is 62.0 cm³/mol. The zero-order chi connectivity index (χ0) is 15.1. The molecule has 1 fully saturated rings. The van der Waals surface area contributed by atoms with Crippen molar-refractivity contribution in [3.8, 4) is 6.07 Å². The minimum Gasteiger partial charge on any atom is -0.369 e. The van der Waals surface area contributed by atoms with Crippen LogP contribution in [0.15, 0.2) is 12.1 Å². The first kappa shape index (κ1) is 14.6. The molecule has 0 heterocycles. The Balaban J connectivity index is 2.14. The smallest absolute Gasteiger partial charge is 0.369 e. The van der Waals surface area contributed by atoms with Gasteiger partial charge < -0.3 is 4.90 Å². The number of hydrogen-bond acceptors (Lipinski definition) is 2. The normalized spacial score (nSPS) is 22.1. The molecular weight excluding hydrogens is 279 g/mol. The van der Waals surface area contributed by atoms with Gasteiger partial charge in [-0.25, -0.2) is 8.78 Å². The van der Waals surface area contributed by atoms with Crippen molar-refractivity contribution in [1.29, 1.82) is 5.26 Å². The lowest BCUT2D eigenvalue weighted by atomic mass is 9.79. The first-order chi connectivity index (χ1) is 9.24. The van der Waals surface area contributed by atoms with Crippen molar-refractivity contribution in [2.24, 2.45) is 5.92 Å². The number of nitrogens with zero attached hydrogens (tertiary/aromatic N) is 2. The van der Waals surface area contributed by atoms with E-state index in [9.17, 15) is 22.0 Å². The number of anilines is 1. The second kappa shape index (κ2) is 4.93. The van der Waals surface area contributed by atoms with Crippen molar-refractivity contribution in [3.05, 3.63) is 29.3 Å². The maximum absolute atomic E-state index is 13.7. The van der Waals surface area contributed by atoms with Crippen LogP contribution in [0.25, 0.3) is 0 Å². The standard InChI is InChI=1S/C13H11F5N2/c1-20(9-3-8(4-9)13(16,17)18)12-5-10(14)7(6-19)2-11(12)15/h2,5,8-9H,3-4H2,1H3. The van der Waals surface area contributed by atoms with E-state index >= 15 is 0 Å². The highest BCUT2D eigenvalue weighted by Gasteiger charge is 2.49. The van der Waals surface area contributed by atoms with E-state index in [0.29, 0.717) is 0 Å². The summed E-state index contributed by atoms with van der Waals surface area (Å²) in [6, 6.07) is 2.61. The molecule has 0 bridgehead atoms. The molecule has 0 atom stereocenters. The van der Waals surface area contributed by atoms with E-state index in [4.69, 9.17) is 5.26 Å². The van der Waals surface area contributed by atoms with Gasteiger partial charge in [-0.2, -0.15) is 18.4 Å². The predicted octanol–water partition coefficient (Wildman–Crippen LogP) is 3.61. The molecule has 1 saturated carbocycles. The van der Waals surface area contributed by atoms with Crippen LogP contribution in [0.3, 0.4) is 0 Å². The number of benzene rings is 1. The second-order valence-electron chi connectivity index (χ2n) is 4.87. The van der Waals surface area contributed by atoms with Crippen molar-refractivity contribution >= 4 is 5.69 Å². The fourth-order valence-electron chi connectivity index (χ4n) is 2.26. The summed E-state index contributed by atoms with van der Waals surface area (Å²) in [6.45, 7) is 0. The van der Waals surface area contributed by atoms with Crippen LogP contribution >= 0.6 is 0 Å². The van der Waals surface area contributed by atoms with E-state index in [0.717, 1.165) is 12.1 Å². The summed E-state index contributed by atoms with van der Waals surface area (Å²) in [6.07, 6.45) is -4.52. The van der Waals surface area contributed by atoms with Gasteiger partial charge in [-0.05, 0) is 18.9 Å². The van der Waals surface area contributed by atoms with Crippen molar-refractivity contribution in [1.82, 2.24) is 0 Å². The van der Waals surface area contributed by atoms with Crippen LogP contribution in [-0.2, 0) is 0 Å². The monoisotopic (exact) mass is 290 g/mol. The van der Waals surface area contributed by atoms with Gasteiger partial charge in [-0.15, -0.1) is 0 Å². The third-order valence-electron chi connectivity index (χ3n) is 3.66. The van der Waals surface area contributed by atoms with Crippen LogP contribution in [0.4, 0.5) is 27.6 Å². The van der Waals surface area contributed by atoms with Gasteiger partial charge in [0.2, 0.25) is 0 Å². The molecule has 20 heavy (non-hydrogen) atoms. The molecule has 0 radical (unpaired) electrons. The number of rotatable bonds is 2. The summed E-state index contributed by atoms with van der Waals surface area (Å²) in [5.74, 6) is -3.09. The van der Waals surface area contributed by atoms with Gasteiger partial charge in [0, 0.05) is 19.2 Å². The highest BCUT2D eigenvalue weighted by Crippen LogP contribution is 2.44. The summed E-state index contributed by atoms with van der Waals surface area (Å²) in [7, 11) is 1.42. The molecule has 0 saturated heterocycles. The molecule has 0 N–H and O–H groups in total. The maximum Gasteiger partial charge on any atom is 0.391 e. The van der Waals surface area contributed by atoms with Gasteiger partial charge in [-0.3, -0.25) is 0 Å². The van der Waals surface area contributed by atoms with Gasteiger partial charge in [0.15, 0.2) is 0 Å². The van der Waals surface area contributed by atoms with Gasteiger partial charge >= 0.3 is 6.18 Å². The van der Waals surface area contributed by atoms with E-state index in [2.05, 4.69) is 0 Å². The molecule has 0 aromatic heterocycles. The van der Waals surface area contributed by atoms with Crippen molar-refractivity contribution in [3.63, 3.8) is 0 Å².